The Labute approximate surface area is 106 Å². The summed E-state index contributed by atoms with van der Waals surface area (Å²) in [5, 5.41) is 12.8. The Morgan fingerprint density at radius 3 is 2.41 bits per heavy atom. The van der Waals surface area contributed by atoms with Crippen molar-refractivity contribution < 1.29 is 9.84 Å². The lowest BCUT2D eigenvalue weighted by molar-refractivity contribution is 0.0645. The zero-order chi connectivity index (χ0) is 12.6. The summed E-state index contributed by atoms with van der Waals surface area (Å²) in [6, 6.07) is 0. The van der Waals surface area contributed by atoms with Gasteiger partial charge in [0.15, 0.2) is 0 Å². The highest BCUT2D eigenvalue weighted by Crippen LogP contribution is 2.29. The molecule has 0 bridgehead atoms. The van der Waals surface area contributed by atoms with Crippen molar-refractivity contribution >= 4 is 0 Å². The molecule has 0 atom stereocenters. The maximum Gasteiger partial charge on any atom is 0.0469 e. The zero-order valence-electron chi connectivity index (χ0n) is 11.5. The third-order valence-corrected chi connectivity index (χ3v) is 4.42. The molecule has 17 heavy (non-hydrogen) atoms. The summed E-state index contributed by atoms with van der Waals surface area (Å²) in [7, 11) is 0. The third-order valence-electron chi connectivity index (χ3n) is 4.42. The summed E-state index contributed by atoms with van der Waals surface area (Å²) in [5.74, 6) is 0.782. The van der Waals surface area contributed by atoms with E-state index >= 15 is 0 Å². The van der Waals surface area contributed by atoms with Crippen LogP contribution in [0.25, 0.3) is 0 Å². The molecule has 0 radical (unpaired) electrons. The fourth-order valence-electron chi connectivity index (χ4n) is 2.67. The molecule has 0 unspecified atom stereocenters. The van der Waals surface area contributed by atoms with Crippen molar-refractivity contribution in [1.29, 1.82) is 0 Å². The number of aliphatic hydroxyl groups excluding tert-OH is 1. The van der Waals surface area contributed by atoms with Crippen LogP contribution in [-0.2, 0) is 4.74 Å². The zero-order valence-corrected chi connectivity index (χ0v) is 11.5. The number of aliphatic hydroxyl groups is 1. The Morgan fingerprint density at radius 2 is 1.88 bits per heavy atom. The van der Waals surface area contributed by atoms with E-state index < -0.39 is 0 Å². The second-order valence-electron chi connectivity index (χ2n) is 5.37. The van der Waals surface area contributed by atoms with Gasteiger partial charge in [-0.05, 0) is 50.0 Å². The monoisotopic (exact) mass is 243 g/mol. The van der Waals surface area contributed by atoms with Crippen molar-refractivity contribution in [3.8, 4) is 0 Å². The summed E-state index contributed by atoms with van der Waals surface area (Å²) in [6.45, 7) is 8.77. The number of nitrogens with one attached hydrogen (secondary N) is 1. The minimum atomic E-state index is 0.292. The summed E-state index contributed by atoms with van der Waals surface area (Å²) < 4.78 is 5.37. The summed E-state index contributed by atoms with van der Waals surface area (Å²) in [6.07, 6.45) is 5.59. The van der Waals surface area contributed by atoms with Crippen LogP contribution in [-0.4, -0.2) is 38.0 Å². The molecule has 0 aromatic carbocycles. The molecule has 3 heteroatoms. The first-order valence-corrected chi connectivity index (χ1v) is 7.15. The molecule has 2 N–H and O–H groups in total. The molecule has 102 valence electrons. The van der Waals surface area contributed by atoms with Gasteiger partial charge in [0.2, 0.25) is 0 Å². The number of ether oxygens (including phenoxy) is 1. The molecule has 0 saturated carbocycles. The summed E-state index contributed by atoms with van der Waals surface area (Å²) in [4.78, 5) is 0. The summed E-state index contributed by atoms with van der Waals surface area (Å²) >= 11 is 0. The van der Waals surface area contributed by atoms with E-state index in [2.05, 4.69) is 19.2 Å². The van der Waals surface area contributed by atoms with Gasteiger partial charge in [-0.25, -0.2) is 0 Å². The molecule has 1 saturated heterocycles. The molecule has 0 aliphatic carbocycles. The van der Waals surface area contributed by atoms with Gasteiger partial charge < -0.3 is 15.2 Å². The van der Waals surface area contributed by atoms with E-state index in [1.807, 2.05) is 0 Å². The molecule has 0 spiro atoms. The smallest absolute Gasteiger partial charge is 0.0469 e. The average molecular weight is 243 g/mol. The number of rotatable bonds is 8. The second-order valence-corrected chi connectivity index (χ2v) is 5.37. The number of hydrogen-bond donors (Lipinski definition) is 2. The van der Waals surface area contributed by atoms with E-state index in [0.29, 0.717) is 12.0 Å². The molecule has 1 aliphatic rings. The SMILES string of the molecule is CCC(CC)(CCO)CNCC1CCOCC1. The first-order valence-electron chi connectivity index (χ1n) is 7.15. The van der Waals surface area contributed by atoms with Gasteiger partial charge in [-0.1, -0.05) is 13.8 Å². The van der Waals surface area contributed by atoms with Crippen LogP contribution in [0.3, 0.4) is 0 Å². The maximum absolute atomic E-state index is 9.17. The lowest BCUT2D eigenvalue weighted by Crippen LogP contribution is -2.37. The molecule has 0 aromatic heterocycles. The first-order chi connectivity index (χ1) is 8.26. The van der Waals surface area contributed by atoms with Crippen LogP contribution >= 0.6 is 0 Å². The Balaban J connectivity index is 2.25. The minimum absolute atomic E-state index is 0.292. The van der Waals surface area contributed by atoms with Crippen LogP contribution in [0.2, 0.25) is 0 Å². The van der Waals surface area contributed by atoms with Gasteiger partial charge in [-0.2, -0.15) is 0 Å². The quantitative estimate of drug-likeness (QED) is 0.686. The lowest BCUT2D eigenvalue weighted by atomic mass is 9.79. The van der Waals surface area contributed by atoms with Gasteiger partial charge in [0.25, 0.3) is 0 Å². The molecule has 1 heterocycles. The maximum atomic E-state index is 9.17. The van der Waals surface area contributed by atoms with Gasteiger partial charge in [-0.15, -0.1) is 0 Å². The fraction of sp³-hybridized carbons (Fsp3) is 1.00. The molecule has 1 fully saturated rings. The Bertz CT molecular complexity index is 187. The average Bonchev–Trinajstić information content (AvgIpc) is 2.39. The van der Waals surface area contributed by atoms with Crippen LogP contribution < -0.4 is 5.32 Å². The van der Waals surface area contributed by atoms with Gasteiger partial charge in [-0.3, -0.25) is 0 Å². The Morgan fingerprint density at radius 1 is 1.24 bits per heavy atom. The molecule has 3 nitrogen and oxygen atoms in total. The van der Waals surface area contributed by atoms with Gasteiger partial charge >= 0.3 is 0 Å². The van der Waals surface area contributed by atoms with Crippen LogP contribution in [0.5, 0.6) is 0 Å². The first kappa shape index (κ1) is 14.9. The fourth-order valence-corrected chi connectivity index (χ4v) is 2.67. The lowest BCUT2D eigenvalue weighted by Gasteiger charge is -2.32. The molecule has 0 amide bonds. The summed E-state index contributed by atoms with van der Waals surface area (Å²) in [5.41, 5.74) is 0.292. The van der Waals surface area contributed by atoms with E-state index in [0.717, 1.165) is 51.5 Å². The predicted molar refractivity (Wildman–Crippen MR) is 71.1 cm³/mol. The molecular weight excluding hydrogens is 214 g/mol. The normalized spacial score (nSPS) is 18.5. The van der Waals surface area contributed by atoms with Crippen LogP contribution in [0.4, 0.5) is 0 Å². The third kappa shape index (κ3) is 4.94. The van der Waals surface area contributed by atoms with Crippen LogP contribution in [0.15, 0.2) is 0 Å². The molecule has 1 rings (SSSR count). The Hall–Kier alpha value is -0.120. The topological polar surface area (TPSA) is 41.5 Å². The predicted octanol–water partition coefficient (Wildman–Crippen LogP) is 2.19. The molecule has 1 aliphatic heterocycles. The number of hydrogen-bond acceptors (Lipinski definition) is 3. The molecular formula is C14H29NO2. The van der Waals surface area contributed by atoms with E-state index in [1.54, 1.807) is 0 Å². The highest BCUT2D eigenvalue weighted by molar-refractivity contribution is 4.79. The highest BCUT2D eigenvalue weighted by atomic mass is 16.5. The largest absolute Gasteiger partial charge is 0.396 e. The van der Waals surface area contributed by atoms with Crippen LogP contribution in [0, 0.1) is 11.3 Å². The second kappa shape index (κ2) is 8.06. The van der Waals surface area contributed by atoms with Gasteiger partial charge in [0.05, 0.1) is 0 Å². The van der Waals surface area contributed by atoms with E-state index in [1.165, 1.54) is 12.8 Å². The van der Waals surface area contributed by atoms with Crippen molar-refractivity contribution in [3.63, 3.8) is 0 Å². The van der Waals surface area contributed by atoms with Gasteiger partial charge in [0, 0.05) is 26.4 Å². The van der Waals surface area contributed by atoms with E-state index in [9.17, 15) is 0 Å². The van der Waals surface area contributed by atoms with E-state index in [-0.39, 0.29) is 0 Å². The van der Waals surface area contributed by atoms with E-state index in [4.69, 9.17) is 9.84 Å². The van der Waals surface area contributed by atoms with Crippen LogP contribution in [0.1, 0.15) is 46.0 Å². The highest BCUT2D eigenvalue weighted by Gasteiger charge is 2.25. The van der Waals surface area contributed by atoms with Crippen molar-refractivity contribution in [2.45, 2.75) is 46.0 Å². The van der Waals surface area contributed by atoms with Crippen molar-refractivity contribution in [2.24, 2.45) is 11.3 Å². The minimum Gasteiger partial charge on any atom is -0.396 e. The standard InChI is InChI=1S/C14H29NO2/c1-3-14(4-2,7-8-16)12-15-11-13-5-9-17-10-6-13/h13,15-16H,3-12H2,1-2H3. The van der Waals surface area contributed by atoms with Crippen molar-refractivity contribution in [3.05, 3.63) is 0 Å². The van der Waals surface area contributed by atoms with Crippen molar-refractivity contribution in [2.75, 3.05) is 32.9 Å². The van der Waals surface area contributed by atoms with Gasteiger partial charge in [0.1, 0.15) is 0 Å². The molecule has 0 aromatic rings. The van der Waals surface area contributed by atoms with Crippen molar-refractivity contribution in [1.82, 2.24) is 5.32 Å². The Kier molecular flexibility index (Phi) is 7.09.